The second kappa shape index (κ2) is 5.61. The largest absolute Gasteiger partial charge is 0.490 e. The minimum absolute atomic E-state index is 0.106. The predicted octanol–water partition coefficient (Wildman–Crippen LogP) is 1.37. The minimum Gasteiger partial charge on any atom is -0.490 e. The Hall–Kier alpha value is -2.08. The summed E-state index contributed by atoms with van der Waals surface area (Å²) in [6, 6.07) is 5.22. The SMILES string of the molecule is C[C@@H]1Cc2cc(C(=O)NC3(C(=O)O)CCOCC3)ccc2O1. The van der Waals surface area contributed by atoms with E-state index in [1.165, 1.54) is 0 Å². The first-order valence-electron chi connectivity index (χ1n) is 7.43. The van der Waals surface area contributed by atoms with Crippen LogP contribution in [0.2, 0.25) is 0 Å². The summed E-state index contributed by atoms with van der Waals surface area (Å²) >= 11 is 0. The fraction of sp³-hybridized carbons (Fsp3) is 0.500. The lowest BCUT2D eigenvalue weighted by atomic mass is 9.89. The quantitative estimate of drug-likeness (QED) is 0.881. The van der Waals surface area contributed by atoms with E-state index >= 15 is 0 Å². The summed E-state index contributed by atoms with van der Waals surface area (Å²) in [5, 5.41) is 12.2. The van der Waals surface area contributed by atoms with E-state index in [0.717, 1.165) is 17.7 Å². The third-order valence-electron chi connectivity index (χ3n) is 4.27. The molecule has 0 spiro atoms. The molecular weight excluding hydrogens is 286 g/mol. The van der Waals surface area contributed by atoms with Crippen molar-refractivity contribution in [2.75, 3.05) is 13.2 Å². The number of carbonyl (C=O) groups is 2. The minimum atomic E-state index is -1.24. The van der Waals surface area contributed by atoms with Crippen LogP contribution < -0.4 is 10.1 Å². The van der Waals surface area contributed by atoms with Crippen molar-refractivity contribution in [3.8, 4) is 5.75 Å². The van der Waals surface area contributed by atoms with E-state index in [-0.39, 0.29) is 24.9 Å². The molecule has 0 saturated carbocycles. The molecule has 0 aliphatic carbocycles. The lowest BCUT2D eigenvalue weighted by Crippen LogP contribution is -2.57. The number of carboxylic acids is 1. The molecule has 6 nitrogen and oxygen atoms in total. The molecule has 3 rings (SSSR count). The third-order valence-corrected chi connectivity index (χ3v) is 4.27. The van der Waals surface area contributed by atoms with Gasteiger partial charge in [0.25, 0.3) is 5.91 Å². The summed E-state index contributed by atoms with van der Waals surface area (Å²) in [5.41, 5.74) is 0.207. The highest BCUT2D eigenvalue weighted by atomic mass is 16.5. The first-order valence-corrected chi connectivity index (χ1v) is 7.43. The summed E-state index contributed by atoms with van der Waals surface area (Å²) in [4.78, 5) is 24.0. The molecule has 0 unspecified atom stereocenters. The summed E-state index contributed by atoms with van der Waals surface area (Å²) in [5.74, 6) is -0.586. The van der Waals surface area contributed by atoms with Gasteiger partial charge in [-0.15, -0.1) is 0 Å². The van der Waals surface area contributed by atoms with Crippen LogP contribution in [-0.2, 0) is 16.0 Å². The van der Waals surface area contributed by atoms with Gasteiger partial charge in [-0.25, -0.2) is 4.79 Å². The molecule has 1 amide bonds. The Morgan fingerprint density at radius 3 is 2.73 bits per heavy atom. The molecule has 1 aromatic carbocycles. The smallest absolute Gasteiger partial charge is 0.329 e. The molecule has 1 aromatic rings. The molecular formula is C16H19NO5. The first kappa shape index (κ1) is 14.8. The van der Waals surface area contributed by atoms with Crippen LogP contribution in [0.5, 0.6) is 5.75 Å². The molecule has 1 saturated heterocycles. The van der Waals surface area contributed by atoms with Crippen LogP contribution in [0.3, 0.4) is 0 Å². The summed E-state index contributed by atoms with van der Waals surface area (Å²) in [6.45, 7) is 2.64. The Kier molecular flexibility index (Phi) is 3.78. The van der Waals surface area contributed by atoms with Crippen LogP contribution in [0.4, 0.5) is 0 Å². The van der Waals surface area contributed by atoms with Crippen molar-refractivity contribution in [1.29, 1.82) is 0 Å². The molecule has 22 heavy (non-hydrogen) atoms. The molecule has 2 aliphatic rings. The van der Waals surface area contributed by atoms with Crippen molar-refractivity contribution in [3.05, 3.63) is 29.3 Å². The fourth-order valence-electron chi connectivity index (χ4n) is 2.96. The van der Waals surface area contributed by atoms with Crippen molar-refractivity contribution in [2.24, 2.45) is 0 Å². The number of amides is 1. The lowest BCUT2D eigenvalue weighted by Gasteiger charge is -2.33. The Bertz CT molecular complexity index is 607. The Labute approximate surface area is 128 Å². The van der Waals surface area contributed by atoms with E-state index in [0.29, 0.717) is 18.8 Å². The van der Waals surface area contributed by atoms with Gasteiger partial charge in [0.1, 0.15) is 17.4 Å². The van der Waals surface area contributed by atoms with Gasteiger partial charge in [0.05, 0.1) is 0 Å². The maximum Gasteiger partial charge on any atom is 0.329 e. The normalized spacial score (nSPS) is 22.5. The number of carboxylic acid groups (broad SMARTS) is 1. The molecule has 0 aromatic heterocycles. The average molecular weight is 305 g/mol. The van der Waals surface area contributed by atoms with E-state index in [1.807, 2.05) is 6.92 Å². The van der Waals surface area contributed by atoms with Crippen LogP contribution in [0.1, 0.15) is 35.7 Å². The van der Waals surface area contributed by atoms with E-state index < -0.39 is 11.5 Å². The topological polar surface area (TPSA) is 84.9 Å². The lowest BCUT2D eigenvalue weighted by molar-refractivity contribution is -0.148. The van der Waals surface area contributed by atoms with Crippen molar-refractivity contribution >= 4 is 11.9 Å². The monoisotopic (exact) mass is 305 g/mol. The van der Waals surface area contributed by atoms with Gasteiger partial charge in [-0.05, 0) is 30.7 Å². The maximum atomic E-state index is 12.4. The van der Waals surface area contributed by atoms with Crippen molar-refractivity contribution < 1.29 is 24.2 Å². The molecule has 1 atom stereocenters. The molecule has 6 heteroatoms. The molecule has 2 aliphatic heterocycles. The Morgan fingerprint density at radius 2 is 2.05 bits per heavy atom. The number of benzene rings is 1. The zero-order valence-corrected chi connectivity index (χ0v) is 12.4. The van der Waals surface area contributed by atoms with Gasteiger partial charge in [-0.1, -0.05) is 0 Å². The van der Waals surface area contributed by atoms with Gasteiger partial charge in [-0.2, -0.15) is 0 Å². The number of ether oxygens (including phenoxy) is 2. The number of carbonyl (C=O) groups excluding carboxylic acids is 1. The van der Waals surface area contributed by atoms with Crippen molar-refractivity contribution in [1.82, 2.24) is 5.32 Å². The van der Waals surface area contributed by atoms with E-state index in [2.05, 4.69) is 5.32 Å². The van der Waals surface area contributed by atoms with Crippen LogP contribution in [0.15, 0.2) is 18.2 Å². The number of aliphatic carboxylic acids is 1. The maximum absolute atomic E-state index is 12.4. The first-order chi connectivity index (χ1) is 10.5. The number of rotatable bonds is 3. The van der Waals surface area contributed by atoms with Gasteiger partial charge < -0.3 is 19.9 Å². The highest BCUT2D eigenvalue weighted by Crippen LogP contribution is 2.30. The van der Waals surface area contributed by atoms with Gasteiger partial charge in [0, 0.05) is 38.0 Å². The molecule has 118 valence electrons. The van der Waals surface area contributed by atoms with Gasteiger partial charge in [-0.3, -0.25) is 4.79 Å². The Balaban J connectivity index is 1.79. The summed E-state index contributed by atoms with van der Waals surface area (Å²) in [7, 11) is 0. The second-order valence-corrected chi connectivity index (χ2v) is 5.91. The highest BCUT2D eigenvalue weighted by molar-refractivity contribution is 5.98. The summed E-state index contributed by atoms with van der Waals surface area (Å²) < 4.78 is 10.8. The van der Waals surface area contributed by atoms with E-state index in [4.69, 9.17) is 9.47 Å². The van der Waals surface area contributed by atoms with Crippen LogP contribution in [-0.4, -0.2) is 41.8 Å². The van der Waals surface area contributed by atoms with E-state index in [9.17, 15) is 14.7 Å². The van der Waals surface area contributed by atoms with Crippen LogP contribution in [0.25, 0.3) is 0 Å². The number of hydrogen-bond donors (Lipinski definition) is 2. The predicted molar refractivity (Wildman–Crippen MR) is 78.1 cm³/mol. The molecule has 0 radical (unpaired) electrons. The zero-order valence-electron chi connectivity index (χ0n) is 12.4. The second-order valence-electron chi connectivity index (χ2n) is 5.91. The fourth-order valence-corrected chi connectivity index (χ4v) is 2.96. The molecule has 2 heterocycles. The summed E-state index contributed by atoms with van der Waals surface area (Å²) in [6.07, 6.45) is 1.42. The zero-order chi connectivity index (χ0) is 15.7. The van der Waals surface area contributed by atoms with Gasteiger partial charge in [0.15, 0.2) is 0 Å². The van der Waals surface area contributed by atoms with E-state index in [1.54, 1.807) is 18.2 Å². The molecule has 2 N–H and O–H groups in total. The van der Waals surface area contributed by atoms with Crippen molar-refractivity contribution in [2.45, 2.75) is 37.8 Å². The van der Waals surface area contributed by atoms with Crippen molar-refractivity contribution in [3.63, 3.8) is 0 Å². The average Bonchev–Trinajstić information content (AvgIpc) is 2.87. The molecule has 0 bridgehead atoms. The van der Waals surface area contributed by atoms with Gasteiger partial charge >= 0.3 is 5.97 Å². The van der Waals surface area contributed by atoms with Gasteiger partial charge in [0.2, 0.25) is 0 Å². The number of nitrogens with one attached hydrogen (secondary N) is 1. The standard InChI is InChI=1S/C16H19NO5/c1-10-8-12-9-11(2-3-13(12)22-10)14(18)17-16(15(19)20)4-6-21-7-5-16/h2-3,9-10H,4-8H2,1H3,(H,17,18)(H,19,20)/t10-/m1/s1. The third kappa shape index (κ3) is 2.66. The van der Waals surface area contributed by atoms with Crippen LogP contribution >= 0.6 is 0 Å². The number of fused-ring (bicyclic) bond motifs is 1. The molecule has 1 fully saturated rings. The number of hydrogen-bond acceptors (Lipinski definition) is 4. The highest BCUT2D eigenvalue weighted by Gasteiger charge is 2.41. The van der Waals surface area contributed by atoms with Crippen LogP contribution in [0, 0.1) is 0 Å². The Morgan fingerprint density at radius 1 is 1.32 bits per heavy atom.